The number of unbranched alkanes of at least 4 members (excludes halogenated alkanes) is 1. The monoisotopic (exact) mass is 526 g/mol. The number of fused-ring (bicyclic) bond motifs is 1. The third-order valence-corrected chi connectivity index (χ3v) is 7.63. The molecule has 0 radical (unpaired) electrons. The van der Waals surface area contributed by atoms with Crippen LogP contribution < -0.4 is 5.32 Å². The normalized spacial score (nSPS) is 14.6. The molecule has 0 fully saturated rings. The molecule has 5 heteroatoms. The van der Waals surface area contributed by atoms with Crippen LogP contribution in [0.4, 0.5) is 0 Å². The number of ether oxygens (including phenoxy) is 1. The molecule has 0 saturated carbocycles. The van der Waals surface area contributed by atoms with Crippen LogP contribution in [0.1, 0.15) is 66.6 Å². The second kappa shape index (κ2) is 14.6. The number of hydrogen-bond acceptors (Lipinski definition) is 4. The van der Waals surface area contributed by atoms with Crippen molar-refractivity contribution in [2.45, 2.75) is 64.8 Å². The maximum Gasteiger partial charge on any atom is 0.310 e. The number of hydrogen-bond donors (Lipinski definition) is 1. The highest BCUT2D eigenvalue weighted by Gasteiger charge is 2.25. The van der Waals surface area contributed by atoms with E-state index in [9.17, 15) is 9.59 Å². The quantitative estimate of drug-likeness (QED) is 0.212. The highest BCUT2D eigenvalue weighted by atomic mass is 16.5. The molecule has 1 aliphatic rings. The van der Waals surface area contributed by atoms with Crippen molar-refractivity contribution in [2.75, 3.05) is 26.2 Å². The molecule has 39 heavy (non-hydrogen) atoms. The molecule has 1 atom stereocenters. The molecule has 1 amide bonds. The van der Waals surface area contributed by atoms with Gasteiger partial charge in [-0.3, -0.25) is 9.59 Å². The molecule has 1 aliphatic carbocycles. The van der Waals surface area contributed by atoms with Crippen molar-refractivity contribution in [3.8, 4) is 11.1 Å². The largest absolute Gasteiger partial charge is 0.466 e. The summed E-state index contributed by atoms with van der Waals surface area (Å²) in [4.78, 5) is 27.3. The van der Waals surface area contributed by atoms with Crippen molar-refractivity contribution in [1.29, 1.82) is 0 Å². The minimum atomic E-state index is -0.142. The number of carbonyl (C=O) groups excluding carboxylic acids is 2. The maximum atomic E-state index is 12.6. The Morgan fingerprint density at radius 2 is 1.67 bits per heavy atom. The fraction of sp³-hybridized carbons (Fsp3) is 0.412. The zero-order valence-corrected chi connectivity index (χ0v) is 23.5. The third-order valence-electron chi connectivity index (χ3n) is 7.63. The van der Waals surface area contributed by atoms with Crippen molar-refractivity contribution in [2.24, 2.45) is 0 Å². The van der Waals surface area contributed by atoms with E-state index in [1.807, 2.05) is 49.4 Å². The highest BCUT2D eigenvalue weighted by molar-refractivity contribution is 5.94. The van der Waals surface area contributed by atoms with E-state index in [1.165, 1.54) is 11.1 Å². The second-order valence-corrected chi connectivity index (χ2v) is 10.4. The lowest BCUT2D eigenvalue weighted by atomic mass is 9.84. The van der Waals surface area contributed by atoms with Crippen LogP contribution in [0.2, 0.25) is 0 Å². The van der Waals surface area contributed by atoms with E-state index < -0.39 is 0 Å². The molecule has 3 aromatic rings. The first-order valence-electron chi connectivity index (χ1n) is 14.5. The van der Waals surface area contributed by atoms with Gasteiger partial charge in [0, 0.05) is 18.2 Å². The van der Waals surface area contributed by atoms with Gasteiger partial charge in [-0.25, -0.2) is 0 Å². The third kappa shape index (κ3) is 8.03. The van der Waals surface area contributed by atoms with Crippen LogP contribution >= 0.6 is 0 Å². The Balaban J connectivity index is 1.23. The Labute approximate surface area is 233 Å². The fourth-order valence-electron chi connectivity index (χ4n) is 5.66. The molecule has 4 rings (SSSR count). The molecule has 0 aliphatic heterocycles. The van der Waals surface area contributed by atoms with E-state index in [1.54, 1.807) is 0 Å². The Bertz CT molecular complexity index is 1210. The van der Waals surface area contributed by atoms with Gasteiger partial charge in [0.15, 0.2) is 0 Å². The highest BCUT2D eigenvalue weighted by Crippen LogP contribution is 2.28. The van der Waals surface area contributed by atoms with Crippen molar-refractivity contribution in [1.82, 2.24) is 10.2 Å². The summed E-state index contributed by atoms with van der Waals surface area (Å²) in [5.74, 6) is -0.153. The SMILES string of the molecule is CCCN(CCCCNC(=O)c1ccc(-c2ccccc2)cc1)C1CCc2c(CC(=O)OCC)cccc2C1. The Morgan fingerprint density at radius 3 is 2.41 bits per heavy atom. The summed E-state index contributed by atoms with van der Waals surface area (Å²) < 4.78 is 5.18. The van der Waals surface area contributed by atoms with Gasteiger partial charge in [0.05, 0.1) is 13.0 Å². The first kappa shape index (κ1) is 28.6. The van der Waals surface area contributed by atoms with Crippen LogP contribution in [-0.2, 0) is 28.8 Å². The van der Waals surface area contributed by atoms with E-state index in [0.717, 1.165) is 68.3 Å². The van der Waals surface area contributed by atoms with E-state index in [0.29, 0.717) is 31.2 Å². The number of nitrogens with zero attached hydrogens (tertiary/aromatic N) is 1. The van der Waals surface area contributed by atoms with Gasteiger partial charge >= 0.3 is 5.97 Å². The summed E-state index contributed by atoms with van der Waals surface area (Å²) in [5.41, 5.74) is 6.81. The molecule has 206 valence electrons. The fourth-order valence-corrected chi connectivity index (χ4v) is 5.66. The predicted octanol–water partition coefficient (Wildman–Crippen LogP) is 6.24. The molecular formula is C34H42N2O3. The molecule has 0 saturated heterocycles. The first-order chi connectivity index (χ1) is 19.1. The Kier molecular flexibility index (Phi) is 10.7. The summed E-state index contributed by atoms with van der Waals surface area (Å²) >= 11 is 0. The van der Waals surface area contributed by atoms with Gasteiger partial charge in [-0.1, -0.05) is 67.6 Å². The van der Waals surface area contributed by atoms with Gasteiger partial charge in [-0.15, -0.1) is 0 Å². The van der Waals surface area contributed by atoms with E-state index in [2.05, 4.69) is 47.5 Å². The molecule has 0 bridgehead atoms. The lowest BCUT2D eigenvalue weighted by Gasteiger charge is -2.36. The van der Waals surface area contributed by atoms with Gasteiger partial charge in [0.25, 0.3) is 5.91 Å². The van der Waals surface area contributed by atoms with Crippen molar-refractivity contribution in [3.05, 3.63) is 95.1 Å². The minimum Gasteiger partial charge on any atom is -0.466 e. The lowest BCUT2D eigenvalue weighted by Crippen LogP contribution is -2.41. The summed E-state index contributed by atoms with van der Waals surface area (Å²) in [5, 5.41) is 3.09. The number of esters is 1. The molecule has 0 heterocycles. The van der Waals surface area contributed by atoms with Crippen LogP contribution in [0.15, 0.2) is 72.8 Å². The van der Waals surface area contributed by atoms with Gasteiger partial charge in [-0.05, 0) is 98.5 Å². The predicted molar refractivity (Wildman–Crippen MR) is 158 cm³/mol. The standard InChI is InChI=1S/C34H42N2O3/c1-3-22-36(31-19-20-32-29(24-31)13-10-14-30(32)25-33(37)39-4-2)23-9-8-21-35-34(38)28-17-15-27(16-18-28)26-11-6-5-7-12-26/h5-7,10-18,31H,3-4,8-9,19-25H2,1-2H3,(H,35,38). The van der Waals surface area contributed by atoms with Crippen molar-refractivity contribution < 1.29 is 14.3 Å². The van der Waals surface area contributed by atoms with Crippen molar-refractivity contribution in [3.63, 3.8) is 0 Å². The van der Waals surface area contributed by atoms with Gasteiger partial charge in [0.2, 0.25) is 0 Å². The summed E-state index contributed by atoms with van der Waals surface area (Å²) in [7, 11) is 0. The zero-order valence-electron chi connectivity index (χ0n) is 23.5. The van der Waals surface area contributed by atoms with Crippen LogP contribution in [0, 0.1) is 0 Å². The zero-order chi connectivity index (χ0) is 27.5. The Morgan fingerprint density at radius 1 is 0.897 bits per heavy atom. The molecular weight excluding hydrogens is 484 g/mol. The average Bonchev–Trinajstić information content (AvgIpc) is 2.97. The number of carbonyl (C=O) groups is 2. The number of benzene rings is 3. The maximum absolute atomic E-state index is 12.6. The van der Waals surface area contributed by atoms with Crippen molar-refractivity contribution >= 4 is 11.9 Å². The van der Waals surface area contributed by atoms with Crippen LogP contribution in [0.25, 0.3) is 11.1 Å². The van der Waals surface area contributed by atoms with Crippen LogP contribution in [-0.4, -0.2) is 49.1 Å². The lowest BCUT2D eigenvalue weighted by molar-refractivity contribution is -0.142. The summed E-state index contributed by atoms with van der Waals surface area (Å²) in [6, 6.07) is 24.9. The first-order valence-corrected chi connectivity index (χ1v) is 14.5. The number of rotatable bonds is 13. The average molecular weight is 527 g/mol. The molecule has 1 unspecified atom stereocenters. The smallest absolute Gasteiger partial charge is 0.310 e. The summed E-state index contributed by atoms with van der Waals surface area (Å²) in [6.07, 6.45) is 6.66. The molecule has 0 aromatic heterocycles. The Hall–Kier alpha value is -3.44. The van der Waals surface area contributed by atoms with E-state index in [-0.39, 0.29) is 11.9 Å². The molecule has 1 N–H and O–H groups in total. The van der Waals surface area contributed by atoms with Crippen LogP contribution in [0.5, 0.6) is 0 Å². The second-order valence-electron chi connectivity index (χ2n) is 10.4. The van der Waals surface area contributed by atoms with Gasteiger partial charge in [0.1, 0.15) is 0 Å². The molecule has 5 nitrogen and oxygen atoms in total. The minimum absolute atomic E-state index is 0.0115. The number of nitrogens with one attached hydrogen (secondary N) is 1. The molecule has 0 spiro atoms. The topological polar surface area (TPSA) is 58.6 Å². The van der Waals surface area contributed by atoms with Gasteiger partial charge in [-0.2, -0.15) is 0 Å². The van der Waals surface area contributed by atoms with E-state index >= 15 is 0 Å². The van der Waals surface area contributed by atoms with E-state index in [4.69, 9.17) is 4.74 Å². The van der Waals surface area contributed by atoms with Gasteiger partial charge < -0.3 is 15.0 Å². The molecule has 3 aromatic carbocycles. The number of amides is 1. The summed E-state index contributed by atoms with van der Waals surface area (Å²) in [6.45, 7) is 7.33. The van der Waals surface area contributed by atoms with Crippen LogP contribution in [0.3, 0.4) is 0 Å².